The highest BCUT2D eigenvalue weighted by Gasteiger charge is 2.56. The molecule has 4 atom stereocenters. The zero-order valence-corrected chi connectivity index (χ0v) is 12.7. The van der Waals surface area contributed by atoms with Crippen LogP contribution in [0.5, 0.6) is 0 Å². The monoisotopic (exact) mass is 233 g/mol. The lowest BCUT2D eigenvalue weighted by molar-refractivity contribution is -0.0989. The number of hydrogen-bond acceptors (Lipinski definition) is 0. The zero-order chi connectivity index (χ0) is 12.8. The minimum absolute atomic E-state index is 0.446. The quantitative estimate of drug-likeness (QED) is 0.587. The van der Waals surface area contributed by atoms with Gasteiger partial charge in [0.25, 0.3) is 0 Å². The van der Waals surface area contributed by atoms with Gasteiger partial charge in [0.1, 0.15) is 7.28 Å². The molecule has 0 aromatic carbocycles. The van der Waals surface area contributed by atoms with Gasteiger partial charge in [-0.15, -0.1) is 0 Å². The summed E-state index contributed by atoms with van der Waals surface area (Å²) in [7, 11) is 2.70. The molecule has 0 nitrogen and oxygen atoms in total. The minimum Gasteiger partial charge on any atom is -0.0671 e. The summed E-state index contributed by atoms with van der Waals surface area (Å²) in [6.07, 6.45) is 5.61. The first-order valence-electron chi connectivity index (χ1n) is 7.64. The molecular weight excluding hydrogens is 203 g/mol. The third kappa shape index (κ3) is 2.31. The van der Waals surface area contributed by atoms with Crippen molar-refractivity contribution in [1.82, 2.24) is 0 Å². The Bertz CT molecular complexity index is 279. The average Bonchev–Trinajstić information content (AvgIpc) is 2.19. The predicted octanol–water partition coefficient (Wildman–Crippen LogP) is 5.18. The van der Waals surface area contributed by atoms with Crippen molar-refractivity contribution >= 4 is 7.28 Å². The lowest BCUT2D eigenvalue weighted by Crippen LogP contribution is -2.54. The first-order valence-corrected chi connectivity index (χ1v) is 7.64. The third-order valence-electron chi connectivity index (χ3n) is 5.97. The molecule has 3 aliphatic rings. The molecule has 0 aromatic rings. The lowest BCUT2D eigenvalue weighted by atomic mass is 9.33. The van der Waals surface area contributed by atoms with Crippen molar-refractivity contribution in [2.45, 2.75) is 78.4 Å². The fourth-order valence-electron chi connectivity index (χ4n) is 4.72. The van der Waals surface area contributed by atoms with E-state index in [0.717, 1.165) is 23.6 Å². The summed E-state index contributed by atoms with van der Waals surface area (Å²) in [6.45, 7) is 14.7. The second-order valence-electron chi connectivity index (χ2n) is 8.02. The Hall–Kier alpha value is 0.0649. The van der Waals surface area contributed by atoms with Gasteiger partial charge >= 0.3 is 0 Å². The van der Waals surface area contributed by atoms with Gasteiger partial charge in [0, 0.05) is 0 Å². The molecule has 97 valence electrons. The summed E-state index contributed by atoms with van der Waals surface area (Å²) in [5, 5.41) is 0.446. The predicted molar refractivity (Wildman–Crippen MR) is 77.6 cm³/mol. The van der Waals surface area contributed by atoms with E-state index in [4.69, 9.17) is 0 Å². The molecule has 1 radical (unpaired) electrons. The van der Waals surface area contributed by atoms with Crippen LogP contribution < -0.4 is 0 Å². The van der Waals surface area contributed by atoms with Crippen molar-refractivity contribution in [3.8, 4) is 0 Å². The average molecular weight is 233 g/mol. The Kier molecular flexibility index (Phi) is 3.43. The van der Waals surface area contributed by atoms with E-state index in [1.165, 1.54) is 25.7 Å². The molecule has 3 aliphatic carbocycles. The molecule has 0 N–H and O–H groups in total. The van der Waals surface area contributed by atoms with E-state index in [0.29, 0.717) is 10.7 Å². The van der Waals surface area contributed by atoms with Crippen molar-refractivity contribution in [2.75, 3.05) is 0 Å². The normalized spacial score (nSPS) is 39.6. The highest BCUT2D eigenvalue weighted by atomic mass is 14.6. The van der Waals surface area contributed by atoms with Gasteiger partial charge in [-0.05, 0) is 29.6 Å². The van der Waals surface area contributed by atoms with E-state index in [1.807, 2.05) is 0 Å². The molecule has 2 bridgehead atoms. The van der Waals surface area contributed by atoms with Gasteiger partial charge in [-0.25, -0.2) is 0 Å². The third-order valence-corrected chi connectivity index (χ3v) is 5.97. The Balaban J connectivity index is 1.97. The maximum atomic E-state index is 2.70. The highest BCUT2D eigenvalue weighted by Crippen LogP contribution is 2.65. The van der Waals surface area contributed by atoms with Crippen LogP contribution >= 0.6 is 0 Å². The molecule has 0 amide bonds. The van der Waals surface area contributed by atoms with Crippen molar-refractivity contribution in [3.63, 3.8) is 0 Å². The van der Waals surface area contributed by atoms with E-state index >= 15 is 0 Å². The molecule has 0 aliphatic heterocycles. The van der Waals surface area contributed by atoms with Gasteiger partial charge in [-0.2, -0.15) is 0 Å². The van der Waals surface area contributed by atoms with Gasteiger partial charge in [-0.1, -0.05) is 71.9 Å². The van der Waals surface area contributed by atoms with Crippen molar-refractivity contribution in [3.05, 3.63) is 0 Å². The van der Waals surface area contributed by atoms with E-state index in [2.05, 4.69) is 48.8 Å². The number of fused-ring (bicyclic) bond motifs is 2. The molecular formula is C16H30B. The van der Waals surface area contributed by atoms with Crippen LogP contribution in [0, 0.1) is 23.2 Å². The molecule has 1 heteroatoms. The molecule has 0 heterocycles. The van der Waals surface area contributed by atoms with Crippen molar-refractivity contribution in [2.24, 2.45) is 23.2 Å². The van der Waals surface area contributed by atoms with Crippen molar-refractivity contribution in [1.29, 1.82) is 0 Å². The van der Waals surface area contributed by atoms with Crippen LogP contribution in [0.1, 0.15) is 67.2 Å². The van der Waals surface area contributed by atoms with Gasteiger partial charge in [0.2, 0.25) is 0 Å². The van der Waals surface area contributed by atoms with Crippen LogP contribution in [-0.4, -0.2) is 7.28 Å². The van der Waals surface area contributed by atoms with Crippen LogP contribution in [0.2, 0.25) is 11.1 Å². The van der Waals surface area contributed by atoms with Crippen LogP contribution in [-0.2, 0) is 0 Å². The molecule has 17 heavy (non-hydrogen) atoms. The number of hydrogen-bond donors (Lipinski definition) is 0. The Labute approximate surface area is 109 Å². The second kappa shape index (κ2) is 4.32. The smallest absolute Gasteiger partial charge is 0.0671 e. The lowest BCUT2D eigenvalue weighted by Gasteiger charge is -2.63. The van der Waals surface area contributed by atoms with Crippen molar-refractivity contribution < 1.29 is 0 Å². The summed E-state index contributed by atoms with van der Waals surface area (Å²) >= 11 is 0. The zero-order valence-electron chi connectivity index (χ0n) is 12.7. The maximum absolute atomic E-state index is 2.70. The van der Waals surface area contributed by atoms with Gasteiger partial charge < -0.3 is 0 Å². The SMILES string of the molecule is CCCC(C)(C)[B]C1CC2CC(C1C)C2(C)C. The molecule has 3 fully saturated rings. The summed E-state index contributed by atoms with van der Waals surface area (Å²) < 4.78 is 0. The van der Waals surface area contributed by atoms with Gasteiger partial charge in [0.15, 0.2) is 0 Å². The summed E-state index contributed by atoms with van der Waals surface area (Å²) in [5.41, 5.74) is 0.638. The molecule has 0 aromatic heterocycles. The fourth-order valence-corrected chi connectivity index (χ4v) is 4.72. The van der Waals surface area contributed by atoms with E-state index in [-0.39, 0.29) is 0 Å². The van der Waals surface area contributed by atoms with Gasteiger partial charge in [-0.3, -0.25) is 0 Å². The molecule has 4 unspecified atom stereocenters. The molecule has 0 spiro atoms. The van der Waals surface area contributed by atoms with Crippen LogP contribution in [0.15, 0.2) is 0 Å². The maximum Gasteiger partial charge on any atom is 0.121 e. The summed E-state index contributed by atoms with van der Waals surface area (Å²) in [6, 6.07) is 0. The first kappa shape index (κ1) is 13.5. The fraction of sp³-hybridized carbons (Fsp3) is 1.00. The first-order chi connectivity index (χ1) is 7.78. The summed E-state index contributed by atoms with van der Waals surface area (Å²) in [5.74, 6) is 3.78. The highest BCUT2D eigenvalue weighted by molar-refractivity contribution is 6.41. The molecule has 3 rings (SSSR count). The Morgan fingerprint density at radius 3 is 2.35 bits per heavy atom. The topological polar surface area (TPSA) is 0 Å². The summed E-state index contributed by atoms with van der Waals surface area (Å²) in [4.78, 5) is 0. The second-order valence-corrected chi connectivity index (χ2v) is 8.02. The Morgan fingerprint density at radius 2 is 1.88 bits per heavy atom. The Morgan fingerprint density at radius 1 is 1.24 bits per heavy atom. The van der Waals surface area contributed by atoms with Crippen LogP contribution in [0.4, 0.5) is 0 Å². The van der Waals surface area contributed by atoms with Crippen LogP contribution in [0.25, 0.3) is 0 Å². The molecule has 0 saturated heterocycles. The van der Waals surface area contributed by atoms with E-state index in [1.54, 1.807) is 0 Å². The van der Waals surface area contributed by atoms with E-state index < -0.39 is 0 Å². The van der Waals surface area contributed by atoms with Crippen LogP contribution in [0.3, 0.4) is 0 Å². The minimum atomic E-state index is 0.446. The molecule has 3 saturated carbocycles. The van der Waals surface area contributed by atoms with Gasteiger partial charge in [0.05, 0.1) is 0 Å². The number of rotatable bonds is 4. The van der Waals surface area contributed by atoms with E-state index in [9.17, 15) is 0 Å². The largest absolute Gasteiger partial charge is 0.121 e. The standard InChI is InChI=1S/C16H30B/c1-7-8-15(3,4)17-14-10-12-9-13(11(14)2)16(12,5)6/h11-14H,7-10H2,1-6H3.